The lowest BCUT2D eigenvalue weighted by molar-refractivity contribution is 0.208. The molecule has 6 heteroatoms. The van der Waals surface area contributed by atoms with Crippen LogP contribution < -0.4 is 5.32 Å². The number of rotatable bonds is 4. The molecule has 1 saturated heterocycles. The fraction of sp³-hybridized carbons (Fsp3) is 0.429. The van der Waals surface area contributed by atoms with E-state index < -0.39 is 0 Å². The molecule has 1 aromatic carbocycles. The van der Waals surface area contributed by atoms with Gasteiger partial charge in [0.2, 0.25) is 0 Å². The summed E-state index contributed by atoms with van der Waals surface area (Å²) < 4.78 is 8.18. The number of hydrogen-bond acceptors (Lipinski definition) is 5. The van der Waals surface area contributed by atoms with Crippen LogP contribution in [0.15, 0.2) is 30.3 Å². The number of anilines is 1. The first-order valence-corrected chi connectivity index (χ1v) is 7.93. The number of benzene rings is 1. The Morgan fingerprint density at radius 1 is 1.30 bits per heavy atom. The fourth-order valence-electron chi connectivity index (χ4n) is 2.62. The van der Waals surface area contributed by atoms with Gasteiger partial charge < -0.3 is 5.32 Å². The first kappa shape index (κ1) is 13.8. The summed E-state index contributed by atoms with van der Waals surface area (Å²) in [6.07, 6.45) is 2.35. The number of hydrogen-bond donors (Lipinski definition) is 1. The third-order valence-electron chi connectivity index (χ3n) is 3.54. The Kier molecular flexibility index (Phi) is 4.50. The van der Waals surface area contributed by atoms with Gasteiger partial charge in [-0.15, -0.1) is 0 Å². The van der Waals surface area contributed by atoms with Gasteiger partial charge in [-0.2, -0.15) is 8.75 Å². The molecule has 1 aliphatic rings. The van der Waals surface area contributed by atoms with Crippen LogP contribution in [0.5, 0.6) is 0 Å². The Hall–Kier alpha value is -1.17. The minimum atomic E-state index is 0.397. The summed E-state index contributed by atoms with van der Waals surface area (Å²) in [5.74, 6) is 0.725. The fourth-order valence-corrected chi connectivity index (χ4v) is 3.28. The third-order valence-corrected chi connectivity index (χ3v) is 4.44. The summed E-state index contributed by atoms with van der Waals surface area (Å²) in [5.41, 5.74) is 1.36. The van der Waals surface area contributed by atoms with Crippen LogP contribution >= 0.6 is 23.3 Å². The molecule has 1 N–H and O–H groups in total. The standard InChI is InChI=1S/C14H17ClN4S/c15-13-14(18-20-17-13)16-12-7-4-8-19(10-12)9-11-5-2-1-3-6-11/h1-3,5-6,12H,4,7-10H2,(H,16,18). The van der Waals surface area contributed by atoms with E-state index in [4.69, 9.17) is 11.6 Å². The van der Waals surface area contributed by atoms with Crippen LogP contribution in [0, 0.1) is 0 Å². The monoisotopic (exact) mass is 308 g/mol. The van der Waals surface area contributed by atoms with Gasteiger partial charge in [0.15, 0.2) is 11.0 Å². The highest BCUT2D eigenvalue weighted by Crippen LogP contribution is 2.22. The molecule has 106 valence electrons. The molecule has 0 spiro atoms. The van der Waals surface area contributed by atoms with Crippen LogP contribution in [0.1, 0.15) is 18.4 Å². The van der Waals surface area contributed by atoms with E-state index in [9.17, 15) is 0 Å². The molecule has 0 amide bonds. The number of piperidine rings is 1. The van der Waals surface area contributed by atoms with E-state index >= 15 is 0 Å². The highest BCUT2D eigenvalue weighted by molar-refractivity contribution is 6.99. The van der Waals surface area contributed by atoms with Gasteiger partial charge in [0, 0.05) is 19.1 Å². The predicted octanol–water partition coefficient (Wildman–Crippen LogP) is 3.27. The van der Waals surface area contributed by atoms with E-state index in [2.05, 4.69) is 49.3 Å². The highest BCUT2D eigenvalue weighted by atomic mass is 35.5. The Balaban J connectivity index is 1.58. The van der Waals surface area contributed by atoms with Crippen molar-refractivity contribution in [2.24, 2.45) is 0 Å². The van der Waals surface area contributed by atoms with Crippen molar-refractivity contribution in [3.63, 3.8) is 0 Å². The molecule has 0 radical (unpaired) electrons. The molecule has 1 atom stereocenters. The molecule has 1 fully saturated rings. The van der Waals surface area contributed by atoms with E-state index in [1.807, 2.05) is 0 Å². The molecule has 20 heavy (non-hydrogen) atoms. The second-order valence-corrected chi connectivity index (χ2v) is 5.99. The largest absolute Gasteiger partial charge is 0.363 e. The van der Waals surface area contributed by atoms with E-state index in [0.717, 1.165) is 43.6 Å². The first-order valence-electron chi connectivity index (χ1n) is 6.82. The minimum Gasteiger partial charge on any atom is -0.363 e. The SMILES string of the molecule is Clc1nsnc1NC1CCCN(Cc2ccccc2)C1. The molecule has 1 unspecified atom stereocenters. The van der Waals surface area contributed by atoms with Crippen LogP contribution in [-0.2, 0) is 6.54 Å². The number of halogens is 1. The summed E-state index contributed by atoms with van der Waals surface area (Å²) in [7, 11) is 0. The van der Waals surface area contributed by atoms with Crippen molar-refractivity contribution in [2.45, 2.75) is 25.4 Å². The second-order valence-electron chi connectivity index (χ2n) is 5.11. The lowest BCUT2D eigenvalue weighted by Crippen LogP contribution is -2.41. The van der Waals surface area contributed by atoms with Crippen LogP contribution in [-0.4, -0.2) is 32.8 Å². The Bertz CT molecular complexity index is 545. The zero-order valence-corrected chi connectivity index (χ0v) is 12.7. The number of likely N-dealkylation sites (tertiary alicyclic amines) is 1. The Labute approximate surface area is 128 Å². The Morgan fingerprint density at radius 2 is 2.15 bits per heavy atom. The number of nitrogens with one attached hydrogen (secondary N) is 1. The molecule has 1 aromatic heterocycles. The average molecular weight is 309 g/mol. The lowest BCUT2D eigenvalue weighted by atomic mass is 10.0. The molecule has 2 aromatic rings. The van der Waals surface area contributed by atoms with Crippen molar-refractivity contribution in [1.82, 2.24) is 13.6 Å². The zero-order chi connectivity index (χ0) is 13.8. The summed E-state index contributed by atoms with van der Waals surface area (Å²) >= 11 is 7.14. The van der Waals surface area contributed by atoms with Crippen LogP contribution in [0.2, 0.25) is 5.15 Å². The van der Waals surface area contributed by atoms with Gasteiger partial charge >= 0.3 is 0 Å². The van der Waals surface area contributed by atoms with Crippen molar-refractivity contribution in [2.75, 3.05) is 18.4 Å². The van der Waals surface area contributed by atoms with Gasteiger partial charge in [-0.1, -0.05) is 41.9 Å². The van der Waals surface area contributed by atoms with Crippen molar-refractivity contribution < 1.29 is 0 Å². The molecule has 0 aliphatic carbocycles. The predicted molar refractivity (Wildman–Crippen MR) is 83.3 cm³/mol. The van der Waals surface area contributed by atoms with Crippen molar-refractivity contribution in [3.8, 4) is 0 Å². The average Bonchev–Trinajstić information content (AvgIpc) is 2.86. The minimum absolute atomic E-state index is 0.397. The van der Waals surface area contributed by atoms with Gasteiger partial charge in [0.05, 0.1) is 11.7 Å². The number of aromatic nitrogens is 2. The lowest BCUT2D eigenvalue weighted by Gasteiger charge is -2.33. The molecule has 0 saturated carbocycles. The van der Waals surface area contributed by atoms with E-state index in [0.29, 0.717) is 11.2 Å². The normalized spacial score (nSPS) is 19.9. The molecular formula is C14H17ClN4S. The second kappa shape index (κ2) is 6.52. The quantitative estimate of drug-likeness (QED) is 0.941. The van der Waals surface area contributed by atoms with Crippen molar-refractivity contribution >= 4 is 29.1 Å². The maximum absolute atomic E-state index is 5.99. The highest BCUT2D eigenvalue weighted by Gasteiger charge is 2.21. The molecule has 3 rings (SSSR count). The van der Waals surface area contributed by atoms with E-state index in [1.165, 1.54) is 12.0 Å². The Morgan fingerprint density at radius 3 is 2.90 bits per heavy atom. The maximum Gasteiger partial charge on any atom is 0.186 e. The summed E-state index contributed by atoms with van der Waals surface area (Å²) in [5, 5.41) is 3.89. The smallest absolute Gasteiger partial charge is 0.186 e. The summed E-state index contributed by atoms with van der Waals surface area (Å²) in [4.78, 5) is 2.48. The molecule has 0 bridgehead atoms. The van der Waals surface area contributed by atoms with Crippen LogP contribution in [0.4, 0.5) is 5.82 Å². The van der Waals surface area contributed by atoms with E-state index in [1.54, 1.807) is 0 Å². The van der Waals surface area contributed by atoms with Crippen molar-refractivity contribution in [3.05, 3.63) is 41.0 Å². The topological polar surface area (TPSA) is 41.1 Å². The first-order chi connectivity index (χ1) is 9.81. The maximum atomic E-state index is 5.99. The van der Waals surface area contributed by atoms with Gasteiger partial charge in [-0.25, -0.2) is 0 Å². The van der Waals surface area contributed by atoms with Gasteiger partial charge in [0.1, 0.15) is 0 Å². The molecule has 1 aliphatic heterocycles. The van der Waals surface area contributed by atoms with Gasteiger partial charge in [-0.05, 0) is 24.9 Å². The summed E-state index contributed by atoms with van der Waals surface area (Å²) in [6, 6.07) is 11.0. The van der Waals surface area contributed by atoms with E-state index in [-0.39, 0.29) is 0 Å². The van der Waals surface area contributed by atoms with Crippen LogP contribution in [0.3, 0.4) is 0 Å². The zero-order valence-electron chi connectivity index (χ0n) is 11.1. The number of nitrogens with zero attached hydrogens (tertiary/aromatic N) is 3. The van der Waals surface area contributed by atoms with Crippen LogP contribution in [0.25, 0.3) is 0 Å². The third kappa shape index (κ3) is 3.48. The van der Waals surface area contributed by atoms with Gasteiger partial charge in [0.25, 0.3) is 0 Å². The summed E-state index contributed by atoms with van der Waals surface area (Å²) in [6.45, 7) is 3.17. The molecule has 2 heterocycles. The van der Waals surface area contributed by atoms with Gasteiger partial charge in [-0.3, -0.25) is 4.90 Å². The van der Waals surface area contributed by atoms with Crippen molar-refractivity contribution in [1.29, 1.82) is 0 Å². The molecule has 4 nitrogen and oxygen atoms in total. The molecular weight excluding hydrogens is 292 g/mol.